The van der Waals surface area contributed by atoms with E-state index in [-0.39, 0.29) is 6.04 Å². The van der Waals surface area contributed by atoms with E-state index in [2.05, 4.69) is 51.6 Å². The van der Waals surface area contributed by atoms with Crippen LogP contribution in [-0.2, 0) is 0 Å². The first-order chi connectivity index (χ1) is 14.2. The van der Waals surface area contributed by atoms with Crippen LogP contribution in [0.25, 0.3) is 17.1 Å². The molecule has 0 spiro atoms. The summed E-state index contributed by atoms with van der Waals surface area (Å²) in [6.07, 6.45) is 2.19. The van der Waals surface area contributed by atoms with E-state index < -0.39 is 0 Å². The van der Waals surface area contributed by atoms with Crippen LogP contribution < -0.4 is 5.32 Å². The second kappa shape index (κ2) is 7.50. The fourth-order valence-corrected chi connectivity index (χ4v) is 3.79. The molecule has 1 atom stereocenters. The summed E-state index contributed by atoms with van der Waals surface area (Å²) in [5.74, 6) is 1.37. The molecule has 1 N–H and O–H groups in total. The number of nitrogens with one attached hydrogen (secondary N) is 1. The molecule has 6 heteroatoms. The van der Waals surface area contributed by atoms with E-state index in [0.717, 1.165) is 26.9 Å². The lowest BCUT2D eigenvalue weighted by molar-refractivity contribution is 0.613. The Balaban J connectivity index is 1.61. The van der Waals surface area contributed by atoms with E-state index >= 15 is 0 Å². The fraction of sp³-hybridized carbons (Fsp3) is 0.0435. The first-order valence-electron chi connectivity index (χ1n) is 9.19. The number of halogens is 2. The molecule has 5 rings (SSSR count). The van der Waals surface area contributed by atoms with Gasteiger partial charge in [-0.15, -0.1) is 5.10 Å². The van der Waals surface area contributed by atoms with Gasteiger partial charge >= 0.3 is 0 Å². The molecule has 2 heterocycles. The van der Waals surface area contributed by atoms with Crippen LogP contribution in [0.5, 0.6) is 0 Å². The second-order valence-electron chi connectivity index (χ2n) is 6.78. The Morgan fingerprint density at radius 1 is 0.862 bits per heavy atom. The standard InChI is InChI=1S/C23H16BrClN4/c24-18-10-6-15(7-11-18)20-14-21(16-4-2-1-3-5-16)29-23(26-20)27-22(28-29)17-8-12-19(25)13-9-17/h1-14,21H,(H,26,27,28)/t21-/m0/s1. The van der Waals surface area contributed by atoms with Gasteiger partial charge in [-0.3, -0.25) is 0 Å². The summed E-state index contributed by atoms with van der Waals surface area (Å²) in [5, 5.41) is 8.93. The van der Waals surface area contributed by atoms with E-state index in [0.29, 0.717) is 16.8 Å². The van der Waals surface area contributed by atoms with Gasteiger partial charge in [0, 0.05) is 20.8 Å². The Bertz CT molecular complexity index is 1180. The van der Waals surface area contributed by atoms with Gasteiger partial charge in [-0.1, -0.05) is 70.0 Å². The number of hydrogen-bond acceptors (Lipinski definition) is 3. The molecule has 0 bridgehead atoms. The number of aromatic nitrogens is 3. The molecule has 0 saturated heterocycles. The molecule has 1 aromatic heterocycles. The largest absolute Gasteiger partial charge is 0.324 e. The third kappa shape index (κ3) is 3.59. The normalized spacial score (nSPS) is 15.4. The second-order valence-corrected chi connectivity index (χ2v) is 8.13. The number of nitrogens with zero attached hydrogens (tertiary/aromatic N) is 3. The van der Waals surface area contributed by atoms with E-state index in [9.17, 15) is 0 Å². The summed E-state index contributed by atoms with van der Waals surface area (Å²) in [5.41, 5.74) is 4.18. The zero-order valence-corrected chi connectivity index (χ0v) is 17.6. The lowest BCUT2D eigenvalue weighted by atomic mass is 10.0. The van der Waals surface area contributed by atoms with Gasteiger partial charge in [0.1, 0.15) is 6.04 Å². The van der Waals surface area contributed by atoms with Crippen molar-refractivity contribution in [2.75, 3.05) is 5.32 Å². The zero-order chi connectivity index (χ0) is 19.8. The Hall–Kier alpha value is -2.89. The van der Waals surface area contributed by atoms with Crippen molar-refractivity contribution in [3.63, 3.8) is 0 Å². The molecule has 3 aromatic carbocycles. The predicted molar refractivity (Wildman–Crippen MR) is 121 cm³/mol. The van der Waals surface area contributed by atoms with Gasteiger partial charge in [-0.25, -0.2) is 4.68 Å². The van der Waals surface area contributed by atoms with Gasteiger partial charge in [0.25, 0.3) is 0 Å². The molecule has 0 fully saturated rings. The van der Waals surface area contributed by atoms with Crippen molar-refractivity contribution in [2.24, 2.45) is 0 Å². The first kappa shape index (κ1) is 18.2. The molecule has 142 valence electrons. The van der Waals surface area contributed by atoms with Crippen molar-refractivity contribution < 1.29 is 0 Å². The first-order valence-corrected chi connectivity index (χ1v) is 10.4. The maximum atomic E-state index is 6.03. The minimum Gasteiger partial charge on any atom is -0.324 e. The van der Waals surface area contributed by atoms with Gasteiger partial charge in [0.05, 0.1) is 0 Å². The van der Waals surface area contributed by atoms with Crippen molar-refractivity contribution in [2.45, 2.75) is 6.04 Å². The summed E-state index contributed by atoms with van der Waals surface area (Å²) in [4.78, 5) is 4.77. The quantitative estimate of drug-likeness (QED) is 0.381. The van der Waals surface area contributed by atoms with Gasteiger partial charge < -0.3 is 5.32 Å². The minimum absolute atomic E-state index is 0.0559. The summed E-state index contributed by atoms with van der Waals surface area (Å²) in [6, 6.07) is 26.1. The molecule has 0 unspecified atom stereocenters. The number of hydrogen-bond donors (Lipinski definition) is 1. The number of benzene rings is 3. The van der Waals surface area contributed by atoms with E-state index in [4.69, 9.17) is 21.7 Å². The molecular formula is C23H16BrClN4. The van der Waals surface area contributed by atoms with Gasteiger partial charge in [-0.2, -0.15) is 4.98 Å². The number of fused-ring (bicyclic) bond motifs is 1. The highest BCUT2D eigenvalue weighted by Crippen LogP contribution is 2.34. The third-order valence-electron chi connectivity index (χ3n) is 4.86. The lowest BCUT2D eigenvalue weighted by Gasteiger charge is -2.24. The number of anilines is 1. The van der Waals surface area contributed by atoms with Gasteiger partial charge in [0.15, 0.2) is 5.82 Å². The summed E-state index contributed by atoms with van der Waals surface area (Å²) in [7, 11) is 0. The lowest BCUT2D eigenvalue weighted by Crippen LogP contribution is -2.20. The monoisotopic (exact) mass is 462 g/mol. The predicted octanol–water partition coefficient (Wildman–Crippen LogP) is 6.42. The molecule has 4 nitrogen and oxygen atoms in total. The van der Waals surface area contributed by atoms with Crippen molar-refractivity contribution in [3.8, 4) is 11.4 Å². The van der Waals surface area contributed by atoms with Crippen molar-refractivity contribution in [3.05, 3.63) is 106 Å². The third-order valence-corrected chi connectivity index (χ3v) is 5.65. The summed E-state index contributed by atoms with van der Waals surface area (Å²) in [6.45, 7) is 0. The SMILES string of the molecule is Clc1ccc(-c2nc3n(n2)[C@H](c2ccccc2)C=C(c2ccc(Br)cc2)N3)cc1. The van der Waals surface area contributed by atoms with E-state index in [1.165, 1.54) is 0 Å². The minimum atomic E-state index is -0.0559. The molecule has 0 saturated carbocycles. The van der Waals surface area contributed by atoms with Crippen LogP contribution >= 0.6 is 27.5 Å². The van der Waals surface area contributed by atoms with E-state index in [1.807, 2.05) is 59.3 Å². The van der Waals surface area contributed by atoms with Crippen LogP contribution in [0.3, 0.4) is 0 Å². The zero-order valence-electron chi connectivity index (χ0n) is 15.3. The van der Waals surface area contributed by atoms with Gasteiger partial charge in [-0.05, 0) is 53.6 Å². The van der Waals surface area contributed by atoms with Crippen LogP contribution in [0.15, 0.2) is 89.4 Å². The van der Waals surface area contributed by atoms with Crippen LogP contribution in [-0.4, -0.2) is 14.8 Å². The van der Waals surface area contributed by atoms with Crippen LogP contribution in [0.2, 0.25) is 5.02 Å². The average Bonchev–Trinajstić information content (AvgIpc) is 3.19. The van der Waals surface area contributed by atoms with Gasteiger partial charge in [0.2, 0.25) is 5.95 Å². The Labute approximate surface area is 182 Å². The molecule has 0 amide bonds. The maximum absolute atomic E-state index is 6.03. The Morgan fingerprint density at radius 2 is 1.55 bits per heavy atom. The topological polar surface area (TPSA) is 42.7 Å². The van der Waals surface area contributed by atoms with Crippen LogP contribution in [0.4, 0.5) is 5.95 Å². The molecule has 0 aliphatic carbocycles. The molecule has 0 radical (unpaired) electrons. The highest BCUT2D eigenvalue weighted by atomic mass is 79.9. The Kier molecular flexibility index (Phi) is 4.70. The van der Waals surface area contributed by atoms with E-state index in [1.54, 1.807) is 0 Å². The fourth-order valence-electron chi connectivity index (χ4n) is 3.40. The smallest absolute Gasteiger partial charge is 0.227 e. The van der Waals surface area contributed by atoms with Crippen LogP contribution in [0, 0.1) is 0 Å². The molecule has 29 heavy (non-hydrogen) atoms. The number of allylic oxidation sites excluding steroid dienone is 1. The van der Waals surface area contributed by atoms with Crippen molar-refractivity contribution in [1.82, 2.24) is 14.8 Å². The van der Waals surface area contributed by atoms with Crippen molar-refractivity contribution >= 4 is 39.2 Å². The molecular weight excluding hydrogens is 448 g/mol. The highest BCUT2D eigenvalue weighted by molar-refractivity contribution is 9.10. The molecule has 1 aliphatic heterocycles. The number of rotatable bonds is 3. The summed E-state index contributed by atoms with van der Waals surface area (Å²) >= 11 is 9.53. The maximum Gasteiger partial charge on any atom is 0.227 e. The highest BCUT2D eigenvalue weighted by Gasteiger charge is 2.25. The van der Waals surface area contributed by atoms with Crippen molar-refractivity contribution in [1.29, 1.82) is 0 Å². The summed E-state index contributed by atoms with van der Waals surface area (Å²) < 4.78 is 2.98. The molecule has 4 aromatic rings. The van der Waals surface area contributed by atoms with Crippen LogP contribution in [0.1, 0.15) is 17.2 Å². The molecule has 1 aliphatic rings. The average molecular weight is 464 g/mol. The Morgan fingerprint density at radius 3 is 2.28 bits per heavy atom.